The van der Waals surface area contributed by atoms with Crippen molar-refractivity contribution in [2.45, 2.75) is 32.7 Å². The molecule has 0 spiro atoms. The molecule has 1 aromatic rings. The van der Waals surface area contributed by atoms with E-state index in [1.807, 2.05) is 26.0 Å². The van der Waals surface area contributed by atoms with Crippen molar-refractivity contribution in [1.82, 2.24) is 5.32 Å². The molecule has 0 radical (unpaired) electrons. The Kier molecular flexibility index (Phi) is 4.27. The van der Waals surface area contributed by atoms with E-state index in [-0.39, 0.29) is 18.6 Å². The summed E-state index contributed by atoms with van der Waals surface area (Å²) in [6, 6.07) is 6.99. The highest BCUT2D eigenvalue weighted by Gasteiger charge is 2.30. The summed E-state index contributed by atoms with van der Waals surface area (Å²) in [6.07, 6.45) is 2.26. The van der Waals surface area contributed by atoms with Crippen LogP contribution >= 0.6 is 0 Å². The number of amides is 2. The van der Waals surface area contributed by atoms with E-state index in [0.717, 1.165) is 18.4 Å². The maximum absolute atomic E-state index is 12.3. The van der Waals surface area contributed by atoms with Gasteiger partial charge in [0.2, 0.25) is 0 Å². The van der Waals surface area contributed by atoms with E-state index < -0.39 is 5.97 Å². The zero-order valence-electron chi connectivity index (χ0n) is 11.8. The summed E-state index contributed by atoms with van der Waals surface area (Å²) in [7, 11) is 0. The first kappa shape index (κ1) is 14.4. The second-order valence-corrected chi connectivity index (χ2v) is 5.39. The van der Waals surface area contributed by atoms with Crippen LogP contribution in [0.2, 0.25) is 0 Å². The number of anilines is 1. The minimum absolute atomic E-state index is 0.0873. The fraction of sp³-hybridized carbons (Fsp3) is 0.467. The highest BCUT2D eigenvalue weighted by molar-refractivity contribution is 5.96. The number of urea groups is 1. The highest BCUT2D eigenvalue weighted by atomic mass is 16.4. The standard InChI is InChI=1S/C15H20N2O3/c1-10-3-7-13(8-4-10)17(9-14(18)19)15(20)16-11(2)12-5-6-12/h3-4,7-8,11-12H,5-6,9H2,1-2H3,(H,16,20)(H,18,19). The molecule has 1 aliphatic carbocycles. The van der Waals surface area contributed by atoms with Crippen LogP contribution in [-0.4, -0.2) is 29.7 Å². The van der Waals surface area contributed by atoms with Gasteiger partial charge in [0.05, 0.1) is 0 Å². The molecule has 0 aliphatic heterocycles. The molecule has 0 heterocycles. The third kappa shape index (κ3) is 3.73. The average molecular weight is 276 g/mol. The summed E-state index contributed by atoms with van der Waals surface area (Å²) in [5.74, 6) is -0.497. The Balaban J connectivity index is 2.11. The van der Waals surface area contributed by atoms with E-state index in [9.17, 15) is 9.59 Å². The van der Waals surface area contributed by atoms with E-state index >= 15 is 0 Å². The van der Waals surface area contributed by atoms with Gasteiger partial charge in [-0.05, 0) is 44.7 Å². The second-order valence-electron chi connectivity index (χ2n) is 5.39. The zero-order valence-corrected chi connectivity index (χ0v) is 11.8. The predicted octanol–water partition coefficient (Wildman–Crippen LogP) is 2.39. The van der Waals surface area contributed by atoms with Crippen molar-refractivity contribution in [3.63, 3.8) is 0 Å². The molecule has 5 nitrogen and oxygen atoms in total. The fourth-order valence-corrected chi connectivity index (χ4v) is 2.13. The summed E-state index contributed by atoms with van der Waals surface area (Å²) in [4.78, 5) is 24.5. The van der Waals surface area contributed by atoms with Crippen LogP contribution in [0.1, 0.15) is 25.3 Å². The molecule has 1 aliphatic rings. The number of nitrogens with one attached hydrogen (secondary N) is 1. The summed E-state index contributed by atoms with van der Waals surface area (Å²) >= 11 is 0. The molecule has 2 N–H and O–H groups in total. The lowest BCUT2D eigenvalue weighted by molar-refractivity contribution is -0.135. The lowest BCUT2D eigenvalue weighted by Crippen LogP contribution is -2.46. The minimum atomic E-state index is -1.03. The Bertz CT molecular complexity index is 494. The topological polar surface area (TPSA) is 69.6 Å². The molecule has 0 saturated heterocycles. The van der Waals surface area contributed by atoms with Crippen LogP contribution in [-0.2, 0) is 4.79 Å². The predicted molar refractivity (Wildman–Crippen MR) is 76.9 cm³/mol. The number of carboxylic acids is 1. The van der Waals surface area contributed by atoms with Gasteiger partial charge in [-0.1, -0.05) is 17.7 Å². The van der Waals surface area contributed by atoms with Crippen molar-refractivity contribution in [2.75, 3.05) is 11.4 Å². The third-order valence-corrected chi connectivity index (χ3v) is 3.56. The average Bonchev–Trinajstić information content (AvgIpc) is 3.21. The first-order valence-electron chi connectivity index (χ1n) is 6.84. The van der Waals surface area contributed by atoms with Crippen LogP contribution in [0.25, 0.3) is 0 Å². The summed E-state index contributed by atoms with van der Waals surface area (Å²) in [5.41, 5.74) is 1.66. The molecule has 2 rings (SSSR count). The van der Waals surface area contributed by atoms with Gasteiger partial charge in [-0.2, -0.15) is 0 Å². The van der Waals surface area contributed by atoms with Gasteiger partial charge >= 0.3 is 12.0 Å². The second kappa shape index (κ2) is 5.94. The van der Waals surface area contributed by atoms with Crippen molar-refractivity contribution < 1.29 is 14.7 Å². The Morgan fingerprint density at radius 1 is 1.35 bits per heavy atom. The first-order chi connectivity index (χ1) is 9.47. The van der Waals surface area contributed by atoms with E-state index in [1.54, 1.807) is 12.1 Å². The van der Waals surface area contributed by atoms with Crippen molar-refractivity contribution in [1.29, 1.82) is 0 Å². The number of rotatable bonds is 5. The molecule has 1 fully saturated rings. The Morgan fingerprint density at radius 2 is 1.95 bits per heavy atom. The molecule has 0 aromatic heterocycles. The SMILES string of the molecule is Cc1ccc(N(CC(=O)O)C(=O)NC(C)C2CC2)cc1. The van der Waals surface area contributed by atoms with Gasteiger partial charge in [0, 0.05) is 11.7 Å². The number of carbonyl (C=O) groups excluding carboxylic acids is 1. The molecule has 20 heavy (non-hydrogen) atoms. The van der Waals surface area contributed by atoms with Gasteiger partial charge < -0.3 is 10.4 Å². The zero-order chi connectivity index (χ0) is 14.7. The summed E-state index contributed by atoms with van der Waals surface area (Å²) < 4.78 is 0. The molecule has 0 bridgehead atoms. The molecule has 108 valence electrons. The third-order valence-electron chi connectivity index (χ3n) is 3.56. The van der Waals surface area contributed by atoms with Crippen molar-refractivity contribution in [2.24, 2.45) is 5.92 Å². The number of benzene rings is 1. The number of carbonyl (C=O) groups is 2. The van der Waals surface area contributed by atoms with Crippen LogP contribution in [0.3, 0.4) is 0 Å². The number of nitrogens with zero attached hydrogens (tertiary/aromatic N) is 1. The fourth-order valence-electron chi connectivity index (χ4n) is 2.13. The number of aryl methyl sites for hydroxylation is 1. The molecule has 2 amide bonds. The molecule has 1 aromatic carbocycles. The molecule has 1 atom stereocenters. The van der Waals surface area contributed by atoms with E-state index in [4.69, 9.17) is 5.11 Å². The van der Waals surface area contributed by atoms with E-state index in [1.165, 1.54) is 4.90 Å². The molecular weight excluding hydrogens is 256 g/mol. The largest absolute Gasteiger partial charge is 0.480 e. The van der Waals surface area contributed by atoms with Crippen molar-refractivity contribution in [3.05, 3.63) is 29.8 Å². The lowest BCUT2D eigenvalue weighted by atomic mass is 10.2. The Hall–Kier alpha value is -2.04. The quantitative estimate of drug-likeness (QED) is 0.867. The van der Waals surface area contributed by atoms with Crippen LogP contribution in [0.4, 0.5) is 10.5 Å². The van der Waals surface area contributed by atoms with E-state index in [0.29, 0.717) is 11.6 Å². The highest BCUT2D eigenvalue weighted by Crippen LogP contribution is 2.32. The van der Waals surface area contributed by atoms with Crippen LogP contribution in [0.15, 0.2) is 24.3 Å². The van der Waals surface area contributed by atoms with Gasteiger partial charge in [-0.15, -0.1) is 0 Å². The lowest BCUT2D eigenvalue weighted by Gasteiger charge is -2.24. The summed E-state index contributed by atoms with van der Waals surface area (Å²) in [6.45, 7) is 3.57. The number of carboxylic acid groups (broad SMARTS) is 1. The smallest absolute Gasteiger partial charge is 0.323 e. The Labute approximate surface area is 118 Å². The molecule has 5 heteroatoms. The van der Waals surface area contributed by atoms with Gasteiger partial charge in [0.15, 0.2) is 0 Å². The van der Waals surface area contributed by atoms with Gasteiger partial charge in [0.1, 0.15) is 6.54 Å². The first-order valence-corrected chi connectivity index (χ1v) is 6.84. The van der Waals surface area contributed by atoms with Crippen molar-refractivity contribution >= 4 is 17.7 Å². The van der Waals surface area contributed by atoms with Gasteiger partial charge in [-0.25, -0.2) is 4.79 Å². The Morgan fingerprint density at radius 3 is 2.45 bits per heavy atom. The monoisotopic (exact) mass is 276 g/mol. The maximum Gasteiger partial charge on any atom is 0.323 e. The van der Waals surface area contributed by atoms with E-state index in [2.05, 4.69) is 5.32 Å². The summed E-state index contributed by atoms with van der Waals surface area (Å²) in [5, 5.41) is 11.9. The number of hydrogen-bond donors (Lipinski definition) is 2. The van der Waals surface area contributed by atoms with Crippen molar-refractivity contribution in [3.8, 4) is 0 Å². The van der Waals surface area contributed by atoms with Crippen LogP contribution in [0.5, 0.6) is 0 Å². The minimum Gasteiger partial charge on any atom is -0.480 e. The molecule has 1 unspecified atom stereocenters. The number of aliphatic carboxylic acids is 1. The maximum atomic E-state index is 12.3. The van der Waals surface area contributed by atoms with Gasteiger partial charge in [-0.3, -0.25) is 9.69 Å². The molecular formula is C15H20N2O3. The van der Waals surface area contributed by atoms with Crippen LogP contribution in [0, 0.1) is 12.8 Å². The number of hydrogen-bond acceptors (Lipinski definition) is 2. The van der Waals surface area contributed by atoms with Gasteiger partial charge in [0.25, 0.3) is 0 Å². The normalized spacial score (nSPS) is 15.5. The van der Waals surface area contributed by atoms with Crippen LogP contribution < -0.4 is 10.2 Å². The molecule has 1 saturated carbocycles.